The molecule has 0 aromatic rings. The molecule has 0 radical (unpaired) electrons. The molecule has 10 atom stereocenters. The standard InChI is InChI=1S/C28H34O7/c1-14(22(30)31)17-5-6-18-25(17,3)9-8-19-26(4)10-7-16(34-15(2)29)13-27(26)11-12-28(18,19)21-20(27)23(32)35-24(21)33/h8,11-12,14,16-18,20-21H,5-7,9-10,13H2,1-4H3,(H,30,31). The maximum Gasteiger partial charge on any atom is 0.318 e. The molecule has 1 saturated heterocycles. The number of hydrogen-bond donors (Lipinski definition) is 1. The Morgan fingerprint density at radius 1 is 1.11 bits per heavy atom. The summed E-state index contributed by atoms with van der Waals surface area (Å²) in [5, 5.41) is 9.83. The molecular weight excluding hydrogens is 448 g/mol. The molecule has 7 aliphatic rings. The van der Waals surface area contributed by atoms with Gasteiger partial charge >= 0.3 is 23.9 Å². The molecule has 6 aliphatic carbocycles. The Bertz CT molecular complexity index is 1120. The first-order chi connectivity index (χ1) is 16.4. The highest BCUT2D eigenvalue weighted by Crippen LogP contribution is 2.80. The molecule has 10 unspecified atom stereocenters. The maximum absolute atomic E-state index is 13.4. The molecule has 2 spiro atoms. The number of aliphatic carboxylic acids is 1. The predicted molar refractivity (Wildman–Crippen MR) is 123 cm³/mol. The molecule has 7 heteroatoms. The van der Waals surface area contributed by atoms with E-state index in [2.05, 4.69) is 32.1 Å². The minimum absolute atomic E-state index is 0.00160. The maximum atomic E-state index is 13.4. The van der Waals surface area contributed by atoms with Crippen molar-refractivity contribution in [3.8, 4) is 0 Å². The normalized spacial score (nSPS) is 49.8. The number of carbonyl (C=O) groups excluding carboxylic acids is 3. The van der Waals surface area contributed by atoms with Gasteiger partial charge in [0.1, 0.15) is 6.10 Å². The van der Waals surface area contributed by atoms with Crippen molar-refractivity contribution in [2.24, 2.45) is 51.2 Å². The molecule has 7 nitrogen and oxygen atoms in total. The molecule has 0 aromatic carbocycles. The molecule has 3 saturated carbocycles. The van der Waals surface area contributed by atoms with Crippen molar-refractivity contribution < 1.29 is 33.8 Å². The molecule has 35 heavy (non-hydrogen) atoms. The van der Waals surface area contributed by atoms with Crippen LogP contribution in [0.1, 0.15) is 66.2 Å². The summed E-state index contributed by atoms with van der Waals surface area (Å²) in [6.07, 6.45) is 10.7. The third kappa shape index (κ3) is 2.47. The lowest BCUT2D eigenvalue weighted by Crippen LogP contribution is -2.69. The van der Waals surface area contributed by atoms with Gasteiger partial charge in [0.15, 0.2) is 0 Å². The zero-order chi connectivity index (χ0) is 25.1. The predicted octanol–water partition coefficient (Wildman–Crippen LogP) is 4.06. The Labute approximate surface area is 205 Å². The van der Waals surface area contributed by atoms with Crippen molar-refractivity contribution in [1.29, 1.82) is 0 Å². The molecule has 1 aliphatic heterocycles. The van der Waals surface area contributed by atoms with Crippen molar-refractivity contribution >= 4 is 23.9 Å². The highest BCUT2D eigenvalue weighted by Gasteiger charge is 2.79. The van der Waals surface area contributed by atoms with Crippen LogP contribution in [0.3, 0.4) is 0 Å². The quantitative estimate of drug-likeness (QED) is 0.367. The second kappa shape index (κ2) is 6.86. The van der Waals surface area contributed by atoms with Crippen LogP contribution in [-0.2, 0) is 28.7 Å². The Morgan fingerprint density at radius 2 is 1.83 bits per heavy atom. The number of carbonyl (C=O) groups is 4. The summed E-state index contributed by atoms with van der Waals surface area (Å²) in [6.45, 7) is 7.62. The van der Waals surface area contributed by atoms with Crippen LogP contribution >= 0.6 is 0 Å². The van der Waals surface area contributed by atoms with E-state index < -0.39 is 46.5 Å². The fourth-order valence-electron chi connectivity index (χ4n) is 10.1. The molecule has 7 rings (SSSR count). The number of fused-ring (bicyclic) bond motifs is 1. The first-order valence-electron chi connectivity index (χ1n) is 13.0. The summed E-state index contributed by atoms with van der Waals surface area (Å²) in [5.41, 5.74) is -0.704. The number of esters is 3. The van der Waals surface area contributed by atoms with Crippen LogP contribution in [0.15, 0.2) is 23.8 Å². The van der Waals surface area contributed by atoms with Gasteiger partial charge in [-0.15, -0.1) is 0 Å². The van der Waals surface area contributed by atoms with Gasteiger partial charge in [0.2, 0.25) is 0 Å². The zero-order valence-corrected chi connectivity index (χ0v) is 20.8. The minimum Gasteiger partial charge on any atom is -0.481 e. The van der Waals surface area contributed by atoms with Gasteiger partial charge in [-0.3, -0.25) is 19.2 Å². The SMILES string of the molecule is CC(=O)OC1CCC2(C)C3=CCC4(C)C(C(C)C(=O)O)CCC4C34C=CC2(C1)C1C(=O)OC(=O)C14. The summed E-state index contributed by atoms with van der Waals surface area (Å²) in [6, 6.07) is 0. The number of allylic oxidation sites excluding steroid dienone is 4. The number of rotatable bonds is 3. The molecule has 0 amide bonds. The van der Waals surface area contributed by atoms with E-state index in [-0.39, 0.29) is 34.7 Å². The van der Waals surface area contributed by atoms with Gasteiger partial charge in [0.25, 0.3) is 0 Å². The summed E-state index contributed by atoms with van der Waals surface area (Å²) in [7, 11) is 0. The van der Waals surface area contributed by atoms with Gasteiger partial charge in [-0.1, -0.05) is 44.6 Å². The van der Waals surface area contributed by atoms with Crippen molar-refractivity contribution in [2.45, 2.75) is 72.3 Å². The molecule has 1 N–H and O–H groups in total. The van der Waals surface area contributed by atoms with E-state index in [0.29, 0.717) is 12.8 Å². The lowest BCUT2D eigenvalue weighted by molar-refractivity contribution is -0.175. The van der Waals surface area contributed by atoms with Crippen molar-refractivity contribution in [2.75, 3.05) is 0 Å². The van der Waals surface area contributed by atoms with Gasteiger partial charge in [0.05, 0.1) is 17.8 Å². The van der Waals surface area contributed by atoms with Crippen LogP contribution in [0.4, 0.5) is 0 Å². The fraction of sp³-hybridized carbons (Fsp3) is 0.714. The van der Waals surface area contributed by atoms with Gasteiger partial charge < -0.3 is 14.6 Å². The van der Waals surface area contributed by atoms with Gasteiger partial charge in [-0.05, 0) is 61.2 Å². The third-order valence-electron chi connectivity index (χ3n) is 11.4. The minimum atomic E-state index is -0.782. The lowest BCUT2D eigenvalue weighted by atomic mass is 9.30. The van der Waals surface area contributed by atoms with Crippen LogP contribution in [0.25, 0.3) is 0 Å². The van der Waals surface area contributed by atoms with Crippen molar-refractivity contribution in [3.63, 3.8) is 0 Å². The van der Waals surface area contributed by atoms with Crippen LogP contribution in [0, 0.1) is 51.2 Å². The highest BCUT2D eigenvalue weighted by molar-refractivity contribution is 5.99. The first kappa shape index (κ1) is 23.0. The number of cyclic esters (lactones) is 2. The van der Waals surface area contributed by atoms with E-state index in [9.17, 15) is 24.3 Å². The van der Waals surface area contributed by atoms with Gasteiger partial charge in [-0.25, -0.2) is 0 Å². The zero-order valence-electron chi connectivity index (χ0n) is 20.8. The molecular formula is C28H34O7. The van der Waals surface area contributed by atoms with Crippen LogP contribution in [0.2, 0.25) is 0 Å². The molecule has 2 bridgehead atoms. The number of carboxylic acids is 1. The van der Waals surface area contributed by atoms with Crippen LogP contribution in [-0.4, -0.2) is 35.1 Å². The third-order valence-corrected chi connectivity index (χ3v) is 11.4. The first-order valence-corrected chi connectivity index (χ1v) is 13.0. The summed E-state index contributed by atoms with van der Waals surface area (Å²) < 4.78 is 11.0. The number of ether oxygens (including phenoxy) is 2. The smallest absolute Gasteiger partial charge is 0.318 e. The Kier molecular flexibility index (Phi) is 4.50. The Morgan fingerprint density at radius 3 is 2.51 bits per heavy atom. The molecule has 0 aromatic heterocycles. The number of hydrogen-bond acceptors (Lipinski definition) is 6. The summed E-state index contributed by atoms with van der Waals surface area (Å²) >= 11 is 0. The highest BCUT2D eigenvalue weighted by atomic mass is 16.6. The average Bonchev–Trinajstić information content (AvgIpc) is 3.30. The topological polar surface area (TPSA) is 107 Å². The van der Waals surface area contributed by atoms with Crippen molar-refractivity contribution in [1.82, 2.24) is 0 Å². The van der Waals surface area contributed by atoms with E-state index in [1.54, 1.807) is 6.92 Å². The average molecular weight is 483 g/mol. The van der Waals surface area contributed by atoms with E-state index in [4.69, 9.17) is 9.47 Å². The molecule has 188 valence electrons. The molecule has 4 fully saturated rings. The fourth-order valence-corrected chi connectivity index (χ4v) is 10.1. The second-order valence-corrected chi connectivity index (χ2v) is 12.5. The van der Waals surface area contributed by atoms with E-state index in [1.165, 1.54) is 12.5 Å². The monoisotopic (exact) mass is 482 g/mol. The van der Waals surface area contributed by atoms with Crippen LogP contribution < -0.4 is 0 Å². The van der Waals surface area contributed by atoms with Gasteiger partial charge in [-0.2, -0.15) is 0 Å². The van der Waals surface area contributed by atoms with E-state index in [0.717, 1.165) is 25.7 Å². The second-order valence-electron chi connectivity index (χ2n) is 12.5. The van der Waals surface area contributed by atoms with E-state index in [1.807, 2.05) is 0 Å². The Hall–Kier alpha value is -2.44. The lowest BCUT2D eigenvalue weighted by Gasteiger charge is -2.71. The van der Waals surface area contributed by atoms with E-state index >= 15 is 0 Å². The number of carboxylic acid groups (broad SMARTS) is 1. The molecule has 1 heterocycles. The van der Waals surface area contributed by atoms with Gasteiger partial charge in [0, 0.05) is 17.8 Å². The van der Waals surface area contributed by atoms with Crippen molar-refractivity contribution in [3.05, 3.63) is 23.8 Å². The largest absolute Gasteiger partial charge is 0.481 e. The van der Waals surface area contributed by atoms with Crippen LogP contribution in [0.5, 0.6) is 0 Å². The summed E-state index contributed by atoms with van der Waals surface area (Å²) in [5.74, 6) is -3.67. The Balaban J connectivity index is 1.54. The summed E-state index contributed by atoms with van der Waals surface area (Å²) in [4.78, 5) is 50.5.